The Bertz CT molecular complexity index is 756. The molecule has 2 aromatic heterocycles. The molecule has 0 aliphatic carbocycles. The van der Waals surface area contributed by atoms with Crippen molar-refractivity contribution in [2.45, 2.75) is 6.92 Å². The van der Waals surface area contributed by atoms with Crippen LogP contribution in [0.2, 0.25) is 0 Å². The first-order valence-corrected chi connectivity index (χ1v) is 7.18. The fourth-order valence-corrected chi connectivity index (χ4v) is 1.80. The molecule has 0 aromatic carbocycles. The van der Waals surface area contributed by atoms with Crippen LogP contribution in [-0.4, -0.2) is 28.2 Å². The van der Waals surface area contributed by atoms with Crippen LogP contribution in [0.15, 0.2) is 41.3 Å². The Morgan fingerprint density at radius 2 is 2.17 bits per heavy atom. The zero-order valence-electron chi connectivity index (χ0n) is 12.8. The Hall–Kier alpha value is -2.78. The number of fused-ring (bicyclic) bond motifs is 1. The van der Waals surface area contributed by atoms with Gasteiger partial charge in [-0.3, -0.25) is 20.8 Å². The predicted molar refractivity (Wildman–Crippen MR) is 98.0 cm³/mol. The maximum atomic E-state index is 5.54. The summed E-state index contributed by atoms with van der Waals surface area (Å²) < 4.78 is 0. The van der Waals surface area contributed by atoms with E-state index in [-0.39, 0.29) is 0 Å². The van der Waals surface area contributed by atoms with Gasteiger partial charge in [-0.2, -0.15) is 0 Å². The molecule has 6 N–H and O–H groups in total. The van der Waals surface area contributed by atoms with Crippen molar-refractivity contribution in [3.8, 4) is 0 Å². The summed E-state index contributed by atoms with van der Waals surface area (Å²) in [6.45, 7) is 1.77. The lowest BCUT2D eigenvalue weighted by atomic mass is 10.3. The molecule has 0 aliphatic heterocycles. The van der Waals surface area contributed by atoms with Gasteiger partial charge in [0.2, 0.25) is 0 Å². The van der Waals surface area contributed by atoms with E-state index in [1.807, 2.05) is 18.2 Å². The van der Waals surface area contributed by atoms with Crippen molar-refractivity contribution in [1.29, 1.82) is 0 Å². The third-order valence-electron chi connectivity index (χ3n) is 2.70. The minimum absolute atomic E-state index is 0.616. The number of nitrogens with one attached hydrogen (secondary N) is 4. The first-order valence-electron chi connectivity index (χ1n) is 6.78. The van der Waals surface area contributed by atoms with Crippen molar-refractivity contribution in [1.82, 2.24) is 20.9 Å². The van der Waals surface area contributed by atoms with Gasteiger partial charge < -0.3 is 11.1 Å². The Morgan fingerprint density at radius 3 is 2.87 bits per heavy atom. The second kappa shape index (κ2) is 8.01. The van der Waals surface area contributed by atoms with E-state index < -0.39 is 0 Å². The quantitative estimate of drug-likeness (QED) is 0.306. The van der Waals surface area contributed by atoms with Gasteiger partial charge in [0, 0.05) is 19.5 Å². The fraction of sp³-hybridized carbons (Fsp3) is 0.143. The van der Waals surface area contributed by atoms with E-state index in [4.69, 9.17) is 18.0 Å². The highest BCUT2D eigenvalue weighted by Gasteiger charge is 2.02. The number of pyridine rings is 2. The molecule has 23 heavy (non-hydrogen) atoms. The lowest BCUT2D eigenvalue weighted by Gasteiger charge is -2.10. The van der Waals surface area contributed by atoms with E-state index in [2.05, 4.69) is 36.7 Å². The molecule has 0 unspecified atom stereocenters. The maximum Gasteiger partial charge on any atom is 0.142 e. The summed E-state index contributed by atoms with van der Waals surface area (Å²) in [6, 6.07) is 5.55. The number of thiocarbonyl (C=S) groups is 1. The van der Waals surface area contributed by atoms with Gasteiger partial charge in [-0.15, -0.1) is 5.53 Å². The number of nitrogens with zero attached hydrogens (tertiary/aromatic N) is 3. The molecule has 9 heteroatoms. The van der Waals surface area contributed by atoms with E-state index in [0.29, 0.717) is 16.5 Å². The first kappa shape index (κ1) is 16.6. The van der Waals surface area contributed by atoms with Crippen molar-refractivity contribution < 1.29 is 0 Å². The summed E-state index contributed by atoms with van der Waals surface area (Å²) >= 11 is 4.90. The van der Waals surface area contributed by atoms with Crippen LogP contribution < -0.4 is 27.4 Å². The number of aliphatic imine (C=N–C) groups is 1. The highest BCUT2D eigenvalue weighted by molar-refractivity contribution is 7.80. The van der Waals surface area contributed by atoms with Crippen LogP contribution in [-0.2, 0) is 0 Å². The van der Waals surface area contributed by atoms with Crippen LogP contribution in [0.5, 0.6) is 0 Å². The van der Waals surface area contributed by atoms with Crippen LogP contribution in [0.3, 0.4) is 0 Å². The molecule has 0 bridgehead atoms. The number of nitrogens with two attached hydrogens (primary N) is 1. The number of hydrogen-bond donors (Lipinski definition) is 5. The second-order valence-corrected chi connectivity index (χ2v) is 5.14. The largest absolute Gasteiger partial charge is 0.403 e. The van der Waals surface area contributed by atoms with Gasteiger partial charge in [0.15, 0.2) is 0 Å². The van der Waals surface area contributed by atoms with E-state index in [1.54, 1.807) is 26.4 Å². The Balaban J connectivity index is 2.18. The summed E-state index contributed by atoms with van der Waals surface area (Å²) in [7, 11) is 1.67. The van der Waals surface area contributed by atoms with Gasteiger partial charge >= 0.3 is 0 Å². The van der Waals surface area contributed by atoms with Crippen molar-refractivity contribution >= 4 is 46.0 Å². The fourth-order valence-electron chi connectivity index (χ4n) is 1.75. The normalized spacial score (nSPS) is 11.7. The van der Waals surface area contributed by atoms with Gasteiger partial charge in [-0.05, 0) is 25.1 Å². The molecule has 0 aliphatic rings. The van der Waals surface area contributed by atoms with Crippen molar-refractivity contribution in [3.05, 3.63) is 36.3 Å². The van der Waals surface area contributed by atoms with Crippen LogP contribution in [0, 0.1) is 0 Å². The maximum absolute atomic E-state index is 5.54. The summed E-state index contributed by atoms with van der Waals surface area (Å²) in [6.07, 6.45) is 4.77. The highest BCUT2D eigenvalue weighted by Crippen LogP contribution is 2.17. The molecule has 2 rings (SSSR count). The number of aromatic nitrogens is 2. The zero-order valence-corrected chi connectivity index (χ0v) is 13.6. The van der Waals surface area contributed by atoms with Crippen LogP contribution >= 0.6 is 12.2 Å². The molecule has 0 saturated carbocycles. The van der Waals surface area contributed by atoms with Crippen molar-refractivity contribution in [2.75, 3.05) is 17.8 Å². The SMILES string of the molecule is CN=CC(=CN)Nc1cnc2ccc(NNNC(C)=S)nc2c1. The Morgan fingerprint density at radius 1 is 1.35 bits per heavy atom. The van der Waals surface area contributed by atoms with E-state index in [1.165, 1.54) is 6.20 Å². The molecule has 0 fully saturated rings. The minimum atomic E-state index is 0.616. The summed E-state index contributed by atoms with van der Waals surface area (Å²) in [5.74, 6) is 0.630. The van der Waals surface area contributed by atoms with Gasteiger partial charge in [-0.1, -0.05) is 12.2 Å². The molecule has 0 atom stereocenters. The molecule has 8 nitrogen and oxygen atoms in total. The smallest absolute Gasteiger partial charge is 0.142 e. The molecule has 120 valence electrons. The third kappa shape index (κ3) is 4.87. The number of hydrogen-bond acceptors (Lipinski definition) is 8. The van der Waals surface area contributed by atoms with E-state index >= 15 is 0 Å². The lowest BCUT2D eigenvalue weighted by Crippen LogP contribution is -2.39. The molecular formula is C14H18N8S. The monoisotopic (exact) mass is 330 g/mol. The summed E-state index contributed by atoms with van der Waals surface area (Å²) in [5.41, 5.74) is 16.9. The minimum Gasteiger partial charge on any atom is -0.403 e. The topological polar surface area (TPSA) is 112 Å². The van der Waals surface area contributed by atoms with Crippen molar-refractivity contribution in [2.24, 2.45) is 10.7 Å². The van der Waals surface area contributed by atoms with Crippen LogP contribution in [0.4, 0.5) is 11.5 Å². The highest BCUT2D eigenvalue weighted by atomic mass is 32.1. The van der Waals surface area contributed by atoms with Gasteiger partial charge in [0.05, 0.1) is 33.6 Å². The van der Waals surface area contributed by atoms with E-state index in [9.17, 15) is 0 Å². The van der Waals surface area contributed by atoms with Crippen molar-refractivity contribution in [3.63, 3.8) is 0 Å². The van der Waals surface area contributed by atoms with E-state index in [0.717, 1.165) is 16.7 Å². The number of rotatable bonds is 6. The summed E-state index contributed by atoms with van der Waals surface area (Å²) in [5, 5.41) is 3.12. The average Bonchev–Trinajstić information content (AvgIpc) is 2.53. The van der Waals surface area contributed by atoms with Gasteiger partial charge in [0.1, 0.15) is 5.82 Å². The average molecular weight is 330 g/mol. The lowest BCUT2D eigenvalue weighted by molar-refractivity contribution is 0.755. The van der Waals surface area contributed by atoms with Crippen LogP contribution in [0.1, 0.15) is 6.92 Å². The molecule has 2 aromatic rings. The number of allylic oxidation sites excluding steroid dienone is 1. The molecule has 0 spiro atoms. The number of hydrazine groups is 2. The standard InChI is InChI=1S/C14H18N8S/c1-9(23)20-22-21-14-4-3-12-13(19-14)5-10(8-17-12)18-11(6-15)7-16-2/h3-8,18,22H,15H2,1-2H3,(H,19,21)(H,20,23). The zero-order chi connectivity index (χ0) is 16.7. The first-order chi connectivity index (χ1) is 11.1. The molecule has 0 saturated heterocycles. The predicted octanol–water partition coefficient (Wildman–Crippen LogP) is 1.31. The summed E-state index contributed by atoms with van der Waals surface area (Å²) in [4.78, 5) is 13.4. The van der Waals surface area contributed by atoms with Gasteiger partial charge in [0.25, 0.3) is 0 Å². The molecule has 0 amide bonds. The number of anilines is 2. The van der Waals surface area contributed by atoms with Crippen LogP contribution in [0.25, 0.3) is 11.0 Å². The third-order valence-corrected chi connectivity index (χ3v) is 2.80. The molecule has 2 heterocycles. The Kier molecular flexibility index (Phi) is 5.78. The van der Waals surface area contributed by atoms with Gasteiger partial charge in [-0.25, -0.2) is 4.98 Å². The molecular weight excluding hydrogens is 312 g/mol. The Labute approximate surface area is 139 Å². The second-order valence-electron chi connectivity index (χ2n) is 4.52. The molecule has 0 radical (unpaired) electrons.